The van der Waals surface area contributed by atoms with Gasteiger partial charge in [-0.05, 0) is 57.1 Å². The van der Waals surface area contributed by atoms with E-state index in [1.54, 1.807) is 0 Å². The van der Waals surface area contributed by atoms with E-state index in [2.05, 4.69) is 15.0 Å². The number of hydrogen-bond donors (Lipinski definition) is 1. The molecule has 2 aliphatic heterocycles. The number of alkyl halides is 2. The van der Waals surface area contributed by atoms with Crippen molar-refractivity contribution >= 4 is 17.5 Å². The van der Waals surface area contributed by atoms with Crippen molar-refractivity contribution in [3.8, 4) is 5.75 Å². The fourth-order valence-corrected chi connectivity index (χ4v) is 3.71. The summed E-state index contributed by atoms with van der Waals surface area (Å²) in [5.74, 6) is 0.0571. The molecule has 1 aromatic rings. The van der Waals surface area contributed by atoms with E-state index in [0.717, 1.165) is 12.8 Å². The summed E-state index contributed by atoms with van der Waals surface area (Å²) >= 11 is 0. The van der Waals surface area contributed by atoms with Crippen molar-refractivity contribution in [1.82, 2.24) is 9.80 Å². The van der Waals surface area contributed by atoms with Crippen LogP contribution in [0, 0.1) is 5.92 Å². The van der Waals surface area contributed by atoms with Gasteiger partial charge in [0.15, 0.2) is 0 Å². The number of hydrogen-bond acceptors (Lipinski definition) is 5. The molecular formula is C20H27F2N3O4. The maximum atomic E-state index is 12.6. The van der Waals surface area contributed by atoms with Crippen molar-refractivity contribution in [3.63, 3.8) is 0 Å². The number of amides is 2. The molecule has 2 heterocycles. The van der Waals surface area contributed by atoms with Gasteiger partial charge < -0.3 is 19.7 Å². The molecule has 1 atom stereocenters. The lowest BCUT2D eigenvalue weighted by atomic mass is 9.94. The zero-order valence-corrected chi connectivity index (χ0v) is 16.5. The highest BCUT2D eigenvalue weighted by atomic mass is 19.3. The summed E-state index contributed by atoms with van der Waals surface area (Å²) in [6.45, 7) is 2.79. The molecule has 1 aromatic carbocycles. The average molecular weight is 411 g/mol. The highest BCUT2D eigenvalue weighted by Gasteiger charge is 2.32. The molecule has 9 heteroatoms. The van der Waals surface area contributed by atoms with Gasteiger partial charge in [-0.25, -0.2) is 0 Å². The van der Waals surface area contributed by atoms with E-state index in [1.807, 2.05) is 11.8 Å². The van der Waals surface area contributed by atoms with Crippen molar-refractivity contribution < 1.29 is 27.8 Å². The molecule has 0 aliphatic carbocycles. The molecule has 0 radical (unpaired) electrons. The van der Waals surface area contributed by atoms with Gasteiger partial charge in [-0.3, -0.25) is 14.5 Å². The SMILES string of the molecule is C[C@@H](C(=O)Nc1ccc(OC(F)F)cc1)N1CCC(C(=O)N2CCOCC2)CC1. The monoisotopic (exact) mass is 411 g/mol. The first-order chi connectivity index (χ1) is 13.9. The average Bonchev–Trinajstić information content (AvgIpc) is 2.74. The van der Waals surface area contributed by atoms with E-state index in [9.17, 15) is 18.4 Å². The third kappa shape index (κ3) is 5.86. The molecule has 0 bridgehead atoms. The zero-order chi connectivity index (χ0) is 20.8. The van der Waals surface area contributed by atoms with Gasteiger partial charge in [-0.2, -0.15) is 8.78 Å². The summed E-state index contributed by atoms with van der Waals surface area (Å²) < 4.78 is 34.0. The Morgan fingerprint density at radius 2 is 1.72 bits per heavy atom. The Morgan fingerprint density at radius 3 is 2.31 bits per heavy atom. The predicted molar refractivity (Wildman–Crippen MR) is 103 cm³/mol. The molecule has 0 unspecified atom stereocenters. The molecule has 2 fully saturated rings. The van der Waals surface area contributed by atoms with Crippen LogP contribution < -0.4 is 10.1 Å². The molecule has 2 amide bonds. The fourth-order valence-electron chi connectivity index (χ4n) is 3.71. The van der Waals surface area contributed by atoms with Crippen LogP contribution in [0.25, 0.3) is 0 Å². The molecule has 3 rings (SSSR count). The number of anilines is 1. The molecule has 0 aromatic heterocycles. The third-order valence-electron chi connectivity index (χ3n) is 5.48. The predicted octanol–water partition coefficient (Wildman–Crippen LogP) is 2.19. The van der Waals surface area contributed by atoms with Gasteiger partial charge in [0.25, 0.3) is 0 Å². The highest BCUT2D eigenvalue weighted by molar-refractivity contribution is 5.94. The number of morpholine rings is 1. The minimum Gasteiger partial charge on any atom is -0.435 e. The second kappa shape index (κ2) is 9.98. The quantitative estimate of drug-likeness (QED) is 0.777. The minimum atomic E-state index is -2.88. The molecule has 0 spiro atoms. The van der Waals surface area contributed by atoms with E-state index in [4.69, 9.17) is 4.74 Å². The van der Waals surface area contributed by atoms with E-state index >= 15 is 0 Å². The van der Waals surface area contributed by atoms with Crippen LogP contribution in [0.2, 0.25) is 0 Å². The number of carbonyl (C=O) groups is 2. The van der Waals surface area contributed by atoms with Crippen LogP contribution >= 0.6 is 0 Å². The van der Waals surface area contributed by atoms with Gasteiger partial charge in [-0.1, -0.05) is 0 Å². The highest BCUT2D eigenvalue weighted by Crippen LogP contribution is 2.23. The Bertz CT molecular complexity index is 687. The number of nitrogens with one attached hydrogen (secondary N) is 1. The lowest BCUT2D eigenvalue weighted by Gasteiger charge is -2.37. The summed E-state index contributed by atoms with van der Waals surface area (Å²) in [5, 5.41) is 2.79. The number of piperidine rings is 1. The first-order valence-electron chi connectivity index (χ1n) is 9.90. The first kappa shape index (κ1) is 21.4. The van der Waals surface area contributed by atoms with Crippen LogP contribution in [-0.2, 0) is 14.3 Å². The van der Waals surface area contributed by atoms with Crippen molar-refractivity contribution in [2.24, 2.45) is 5.92 Å². The largest absolute Gasteiger partial charge is 0.435 e. The molecule has 29 heavy (non-hydrogen) atoms. The van der Waals surface area contributed by atoms with Gasteiger partial charge in [0.2, 0.25) is 11.8 Å². The number of benzene rings is 1. The van der Waals surface area contributed by atoms with Crippen LogP contribution in [0.1, 0.15) is 19.8 Å². The van der Waals surface area contributed by atoms with Gasteiger partial charge in [0, 0.05) is 24.7 Å². The number of nitrogens with zero attached hydrogens (tertiary/aromatic N) is 2. The van der Waals surface area contributed by atoms with E-state index in [0.29, 0.717) is 45.1 Å². The maximum absolute atomic E-state index is 12.6. The van der Waals surface area contributed by atoms with Crippen LogP contribution in [0.3, 0.4) is 0 Å². The van der Waals surface area contributed by atoms with Gasteiger partial charge in [0.1, 0.15) is 5.75 Å². The molecule has 2 aliphatic rings. The molecular weight excluding hydrogens is 384 g/mol. The topological polar surface area (TPSA) is 71.1 Å². The van der Waals surface area contributed by atoms with E-state index in [-0.39, 0.29) is 29.5 Å². The zero-order valence-electron chi connectivity index (χ0n) is 16.5. The Labute approximate surface area is 168 Å². The van der Waals surface area contributed by atoms with Crippen molar-refractivity contribution in [1.29, 1.82) is 0 Å². The van der Waals surface area contributed by atoms with Gasteiger partial charge in [-0.15, -0.1) is 0 Å². The number of likely N-dealkylation sites (tertiary alicyclic amines) is 1. The van der Waals surface area contributed by atoms with E-state index < -0.39 is 6.61 Å². The number of ether oxygens (including phenoxy) is 2. The molecule has 160 valence electrons. The number of carbonyl (C=O) groups excluding carboxylic acids is 2. The summed E-state index contributed by atoms with van der Waals surface area (Å²) in [7, 11) is 0. The number of rotatable bonds is 6. The first-order valence-corrected chi connectivity index (χ1v) is 9.90. The van der Waals surface area contributed by atoms with Crippen LogP contribution in [-0.4, -0.2) is 73.7 Å². The smallest absolute Gasteiger partial charge is 0.387 e. The maximum Gasteiger partial charge on any atom is 0.387 e. The summed E-state index contributed by atoms with van der Waals surface area (Å²) in [6.07, 6.45) is 1.46. The lowest BCUT2D eigenvalue weighted by Crippen LogP contribution is -2.50. The molecule has 2 saturated heterocycles. The normalized spacial score (nSPS) is 19.8. The second-order valence-electron chi connectivity index (χ2n) is 7.32. The molecule has 7 nitrogen and oxygen atoms in total. The Hall–Kier alpha value is -2.26. The van der Waals surface area contributed by atoms with Crippen LogP contribution in [0.4, 0.5) is 14.5 Å². The van der Waals surface area contributed by atoms with Crippen LogP contribution in [0.5, 0.6) is 5.75 Å². The van der Waals surface area contributed by atoms with Gasteiger partial charge in [0.05, 0.1) is 19.3 Å². The third-order valence-corrected chi connectivity index (χ3v) is 5.48. The van der Waals surface area contributed by atoms with Crippen molar-refractivity contribution in [2.45, 2.75) is 32.4 Å². The standard InChI is InChI=1S/C20H27F2N3O4/c1-14(18(26)23-16-2-4-17(5-3-16)29-20(21)22)24-8-6-15(7-9-24)19(27)25-10-12-28-13-11-25/h2-5,14-15,20H,6-13H2,1H3,(H,23,26)/t14-/m0/s1. The lowest BCUT2D eigenvalue weighted by molar-refractivity contribution is -0.141. The van der Waals surface area contributed by atoms with Crippen LogP contribution in [0.15, 0.2) is 24.3 Å². The Kier molecular flexibility index (Phi) is 7.38. The van der Waals surface area contributed by atoms with Crippen molar-refractivity contribution in [2.75, 3.05) is 44.7 Å². The second-order valence-corrected chi connectivity index (χ2v) is 7.32. The van der Waals surface area contributed by atoms with Crippen molar-refractivity contribution in [3.05, 3.63) is 24.3 Å². The number of halogens is 2. The summed E-state index contributed by atoms with van der Waals surface area (Å²) in [4.78, 5) is 29.1. The minimum absolute atomic E-state index is 0.00184. The molecule has 0 saturated carbocycles. The Morgan fingerprint density at radius 1 is 1.10 bits per heavy atom. The van der Waals surface area contributed by atoms with Gasteiger partial charge >= 0.3 is 6.61 Å². The fraction of sp³-hybridized carbons (Fsp3) is 0.600. The van der Waals surface area contributed by atoms with E-state index in [1.165, 1.54) is 24.3 Å². The summed E-state index contributed by atoms with van der Waals surface area (Å²) in [5.41, 5.74) is 0.515. The molecule has 1 N–H and O–H groups in total. The summed E-state index contributed by atoms with van der Waals surface area (Å²) in [6, 6.07) is 5.46. The Balaban J connectivity index is 1.46.